The van der Waals surface area contributed by atoms with Crippen LogP contribution in [0.2, 0.25) is 0 Å². The van der Waals surface area contributed by atoms with Crippen molar-refractivity contribution in [2.45, 2.75) is 19.6 Å². The van der Waals surface area contributed by atoms with Gasteiger partial charge < -0.3 is 5.32 Å². The summed E-state index contributed by atoms with van der Waals surface area (Å²) >= 11 is 0. The molecule has 9 heteroatoms. The molecule has 8 nitrogen and oxygen atoms in total. The lowest BCUT2D eigenvalue weighted by atomic mass is 10.2. The summed E-state index contributed by atoms with van der Waals surface area (Å²) in [5.41, 5.74) is 0.676. The number of halogens is 1. The quantitative estimate of drug-likeness (QED) is 0.510. The Kier molecular flexibility index (Phi) is 5.65. The molecule has 0 aliphatic carbocycles. The van der Waals surface area contributed by atoms with Crippen LogP contribution in [-0.2, 0) is 24.4 Å². The number of fused-ring (bicyclic) bond motifs is 1. The van der Waals surface area contributed by atoms with E-state index in [9.17, 15) is 18.8 Å². The van der Waals surface area contributed by atoms with E-state index in [1.807, 2.05) is 0 Å². The van der Waals surface area contributed by atoms with E-state index in [1.165, 1.54) is 22.9 Å². The Labute approximate surface area is 175 Å². The van der Waals surface area contributed by atoms with Gasteiger partial charge in [-0.2, -0.15) is 0 Å². The Morgan fingerprint density at radius 3 is 2.42 bits per heavy atom. The van der Waals surface area contributed by atoms with Crippen molar-refractivity contribution in [2.75, 3.05) is 0 Å². The van der Waals surface area contributed by atoms with E-state index in [0.29, 0.717) is 0 Å². The Morgan fingerprint density at radius 2 is 1.68 bits per heavy atom. The van der Waals surface area contributed by atoms with Gasteiger partial charge in [-0.25, -0.2) is 14.2 Å². The first-order chi connectivity index (χ1) is 15.0. The van der Waals surface area contributed by atoms with E-state index >= 15 is 0 Å². The van der Waals surface area contributed by atoms with Crippen LogP contribution in [0, 0.1) is 5.82 Å². The minimum absolute atomic E-state index is 0.0316. The first kappa shape index (κ1) is 20.1. The molecule has 1 amide bonds. The Morgan fingerprint density at radius 1 is 0.935 bits per heavy atom. The Balaban J connectivity index is 1.66. The van der Waals surface area contributed by atoms with E-state index < -0.39 is 17.2 Å². The molecule has 0 aliphatic rings. The summed E-state index contributed by atoms with van der Waals surface area (Å²) in [6, 6.07) is 12.3. The molecule has 4 rings (SSSR count). The van der Waals surface area contributed by atoms with Crippen LogP contribution < -0.4 is 16.6 Å². The lowest BCUT2D eigenvalue weighted by Gasteiger charge is -2.14. The number of benzene rings is 1. The number of nitrogens with zero attached hydrogens (tertiary/aromatic N) is 4. The van der Waals surface area contributed by atoms with Gasteiger partial charge in [0.1, 0.15) is 12.4 Å². The summed E-state index contributed by atoms with van der Waals surface area (Å²) in [6.07, 6.45) is 4.60. The maximum Gasteiger partial charge on any atom is 0.332 e. The number of rotatable bonds is 6. The van der Waals surface area contributed by atoms with Gasteiger partial charge in [0.05, 0.1) is 12.1 Å². The highest BCUT2D eigenvalue weighted by molar-refractivity contribution is 5.79. The molecule has 0 aliphatic heterocycles. The molecule has 3 aromatic heterocycles. The topological polar surface area (TPSA) is 98.9 Å². The number of carbonyl (C=O) groups excluding carboxylic acids is 1. The SMILES string of the molecule is O=C(Cn1c(=O)n(Cc2ccncc2)c(=O)c2ncccc21)NCc1ccc(F)cc1. The summed E-state index contributed by atoms with van der Waals surface area (Å²) < 4.78 is 15.3. The van der Waals surface area contributed by atoms with Crippen molar-refractivity contribution in [3.8, 4) is 0 Å². The van der Waals surface area contributed by atoms with E-state index in [1.54, 1.807) is 48.8 Å². The monoisotopic (exact) mass is 419 g/mol. The van der Waals surface area contributed by atoms with Gasteiger partial charge >= 0.3 is 5.69 Å². The molecule has 1 N–H and O–H groups in total. The van der Waals surface area contributed by atoms with Gasteiger partial charge in [-0.3, -0.25) is 23.7 Å². The van der Waals surface area contributed by atoms with E-state index in [0.717, 1.165) is 15.7 Å². The number of hydrogen-bond donors (Lipinski definition) is 1. The predicted molar refractivity (Wildman–Crippen MR) is 112 cm³/mol. The van der Waals surface area contributed by atoms with Gasteiger partial charge in [0.15, 0.2) is 5.52 Å². The molecular weight excluding hydrogens is 401 g/mol. The summed E-state index contributed by atoms with van der Waals surface area (Å²) in [5, 5.41) is 2.71. The third kappa shape index (κ3) is 4.40. The van der Waals surface area contributed by atoms with E-state index in [2.05, 4.69) is 15.3 Å². The number of amides is 1. The fourth-order valence-electron chi connectivity index (χ4n) is 3.21. The van der Waals surface area contributed by atoms with Crippen LogP contribution in [0.1, 0.15) is 11.1 Å². The molecule has 0 unspecified atom stereocenters. The Bertz CT molecular complexity index is 1350. The molecule has 156 valence electrons. The maximum atomic E-state index is 13.1. The second-order valence-electron chi connectivity index (χ2n) is 6.89. The highest BCUT2D eigenvalue weighted by atomic mass is 19.1. The molecule has 0 spiro atoms. The number of hydrogen-bond acceptors (Lipinski definition) is 5. The third-order valence-electron chi connectivity index (χ3n) is 4.78. The van der Waals surface area contributed by atoms with Crippen LogP contribution >= 0.6 is 0 Å². The van der Waals surface area contributed by atoms with Crippen LogP contribution in [0.25, 0.3) is 11.0 Å². The third-order valence-corrected chi connectivity index (χ3v) is 4.78. The van der Waals surface area contributed by atoms with Crippen molar-refractivity contribution in [3.63, 3.8) is 0 Å². The second kappa shape index (κ2) is 8.70. The molecular formula is C22H18FN5O3. The highest BCUT2D eigenvalue weighted by Crippen LogP contribution is 2.06. The minimum Gasteiger partial charge on any atom is -0.350 e. The smallest absolute Gasteiger partial charge is 0.332 e. The van der Waals surface area contributed by atoms with Crippen LogP contribution in [-0.4, -0.2) is 25.0 Å². The molecule has 0 saturated carbocycles. The zero-order valence-corrected chi connectivity index (χ0v) is 16.4. The summed E-state index contributed by atoms with van der Waals surface area (Å²) in [7, 11) is 0. The number of pyridine rings is 2. The minimum atomic E-state index is -0.612. The maximum absolute atomic E-state index is 13.1. The second-order valence-corrected chi connectivity index (χ2v) is 6.89. The average molecular weight is 419 g/mol. The van der Waals surface area contributed by atoms with Crippen molar-refractivity contribution in [3.05, 3.63) is 105 Å². The first-order valence-electron chi connectivity index (χ1n) is 9.51. The van der Waals surface area contributed by atoms with Crippen molar-refractivity contribution < 1.29 is 9.18 Å². The fraction of sp³-hybridized carbons (Fsp3) is 0.136. The van der Waals surface area contributed by atoms with Gasteiger partial charge in [0.2, 0.25) is 5.91 Å². The molecule has 4 aromatic rings. The van der Waals surface area contributed by atoms with Gasteiger partial charge in [0.25, 0.3) is 5.56 Å². The number of nitrogens with one attached hydrogen (secondary N) is 1. The fourth-order valence-corrected chi connectivity index (χ4v) is 3.21. The Hall–Kier alpha value is -4.14. The molecule has 0 saturated heterocycles. The van der Waals surface area contributed by atoms with Crippen LogP contribution in [0.4, 0.5) is 4.39 Å². The van der Waals surface area contributed by atoms with E-state index in [-0.39, 0.29) is 36.5 Å². The first-order valence-corrected chi connectivity index (χ1v) is 9.51. The largest absolute Gasteiger partial charge is 0.350 e. The van der Waals surface area contributed by atoms with Crippen molar-refractivity contribution in [2.24, 2.45) is 0 Å². The summed E-state index contributed by atoms with van der Waals surface area (Å²) in [6.45, 7) is -0.0799. The van der Waals surface area contributed by atoms with Crippen LogP contribution in [0.3, 0.4) is 0 Å². The zero-order valence-electron chi connectivity index (χ0n) is 16.4. The highest BCUT2D eigenvalue weighted by Gasteiger charge is 2.16. The molecule has 31 heavy (non-hydrogen) atoms. The van der Waals surface area contributed by atoms with Crippen LogP contribution in [0.5, 0.6) is 0 Å². The number of aromatic nitrogens is 4. The van der Waals surface area contributed by atoms with Gasteiger partial charge in [0, 0.05) is 25.1 Å². The van der Waals surface area contributed by atoms with Crippen LogP contribution in [0.15, 0.2) is 76.7 Å². The van der Waals surface area contributed by atoms with Crippen molar-refractivity contribution >= 4 is 16.9 Å². The standard InChI is InChI=1S/C22H18FN5O3/c23-17-5-3-15(4-6-17)12-26-19(29)14-27-18-2-1-9-25-20(18)21(30)28(22(27)31)13-16-7-10-24-11-8-16/h1-11H,12-14H2,(H,26,29). The molecule has 0 radical (unpaired) electrons. The molecule has 1 aromatic carbocycles. The summed E-state index contributed by atoms with van der Waals surface area (Å²) in [5.74, 6) is -0.789. The predicted octanol–water partition coefficient (Wildman–Crippen LogP) is 1.46. The van der Waals surface area contributed by atoms with E-state index in [4.69, 9.17) is 0 Å². The molecule has 0 fully saturated rings. The molecule has 0 atom stereocenters. The zero-order chi connectivity index (χ0) is 21.8. The van der Waals surface area contributed by atoms with Gasteiger partial charge in [-0.1, -0.05) is 12.1 Å². The number of carbonyl (C=O) groups is 1. The lowest BCUT2D eigenvalue weighted by molar-refractivity contribution is -0.121. The van der Waals surface area contributed by atoms with Crippen molar-refractivity contribution in [1.29, 1.82) is 0 Å². The van der Waals surface area contributed by atoms with Gasteiger partial charge in [-0.05, 0) is 47.5 Å². The van der Waals surface area contributed by atoms with Gasteiger partial charge in [-0.15, -0.1) is 0 Å². The van der Waals surface area contributed by atoms with Crippen molar-refractivity contribution in [1.82, 2.24) is 24.4 Å². The summed E-state index contributed by atoms with van der Waals surface area (Å²) in [4.78, 5) is 46.6. The average Bonchev–Trinajstić information content (AvgIpc) is 2.80. The molecule has 3 heterocycles. The normalized spacial score (nSPS) is 10.9. The lowest BCUT2D eigenvalue weighted by Crippen LogP contribution is -2.43. The molecule has 0 bridgehead atoms.